The van der Waals surface area contributed by atoms with Crippen molar-refractivity contribution in [2.24, 2.45) is 0 Å². The van der Waals surface area contributed by atoms with Crippen molar-refractivity contribution in [2.75, 3.05) is 38.2 Å². The molecule has 0 bridgehead atoms. The number of piperazine rings is 1. The third kappa shape index (κ3) is 3.85. The van der Waals surface area contributed by atoms with Crippen LogP contribution in [-0.4, -0.2) is 44.1 Å². The monoisotopic (exact) mass is 330 g/mol. The van der Waals surface area contributed by atoms with Gasteiger partial charge in [0.15, 0.2) is 0 Å². The quantitative estimate of drug-likeness (QED) is 0.845. The number of carbonyl (C=O) groups excluding carboxylic acids is 1. The molecule has 2 aromatic rings. The Morgan fingerprint density at radius 1 is 1.17 bits per heavy atom. The highest BCUT2D eigenvalue weighted by Crippen LogP contribution is 2.28. The van der Waals surface area contributed by atoms with E-state index < -0.39 is 0 Å². The van der Waals surface area contributed by atoms with Gasteiger partial charge in [-0.25, -0.2) is 0 Å². The minimum Gasteiger partial charge on any atom is -0.495 e. The highest BCUT2D eigenvalue weighted by Gasteiger charge is 2.22. The number of anilines is 1. The van der Waals surface area contributed by atoms with Gasteiger partial charge in [0.2, 0.25) is 5.91 Å². The van der Waals surface area contributed by atoms with Crippen LogP contribution < -0.4 is 9.64 Å². The maximum atomic E-state index is 12.3. The molecule has 0 unspecified atom stereocenters. The zero-order valence-corrected chi connectivity index (χ0v) is 14.2. The highest BCUT2D eigenvalue weighted by molar-refractivity contribution is 7.07. The lowest BCUT2D eigenvalue weighted by atomic mass is 10.1. The van der Waals surface area contributed by atoms with Crippen LogP contribution in [0.4, 0.5) is 5.69 Å². The zero-order chi connectivity index (χ0) is 16.1. The maximum Gasteiger partial charge on any atom is 0.223 e. The van der Waals surface area contributed by atoms with E-state index in [0.717, 1.165) is 44.0 Å². The summed E-state index contributed by atoms with van der Waals surface area (Å²) in [6, 6.07) is 10.2. The fraction of sp³-hybridized carbons (Fsp3) is 0.389. The molecule has 0 radical (unpaired) electrons. The van der Waals surface area contributed by atoms with Crippen LogP contribution in [0.25, 0.3) is 0 Å². The van der Waals surface area contributed by atoms with Crippen molar-refractivity contribution in [3.8, 4) is 5.75 Å². The molecular formula is C18H22N2O2S. The standard InChI is InChI=1S/C18H22N2O2S/c1-22-17-5-3-2-4-16(17)19-9-11-20(12-10-19)18(21)7-6-15-8-13-23-14-15/h2-5,8,13-14H,6-7,9-12H2,1H3. The van der Waals surface area contributed by atoms with Crippen LogP contribution in [0.2, 0.25) is 0 Å². The van der Waals surface area contributed by atoms with Gasteiger partial charge >= 0.3 is 0 Å². The van der Waals surface area contributed by atoms with Crippen LogP contribution in [0, 0.1) is 0 Å². The Balaban J connectivity index is 1.52. The van der Waals surface area contributed by atoms with Crippen LogP contribution in [0.15, 0.2) is 41.1 Å². The average Bonchev–Trinajstić information content (AvgIpc) is 3.13. The first kappa shape index (κ1) is 15.9. The molecule has 1 aromatic carbocycles. The highest BCUT2D eigenvalue weighted by atomic mass is 32.1. The van der Waals surface area contributed by atoms with Crippen LogP contribution >= 0.6 is 11.3 Å². The van der Waals surface area contributed by atoms with Crippen molar-refractivity contribution in [3.05, 3.63) is 46.7 Å². The second-order valence-electron chi connectivity index (χ2n) is 5.67. The van der Waals surface area contributed by atoms with E-state index in [1.165, 1.54) is 5.56 Å². The Kier molecular flexibility index (Phi) is 5.18. The van der Waals surface area contributed by atoms with Gasteiger partial charge in [0.05, 0.1) is 12.8 Å². The Morgan fingerprint density at radius 2 is 1.96 bits per heavy atom. The largest absolute Gasteiger partial charge is 0.495 e. The number of amides is 1. The van der Waals surface area contributed by atoms with E-state index in [1.807, 2.05) is 23.1 Å². The molecule has 1 amide bonds. The van der Waals surface area contributed by atoms with Crippen LogP contribution in [-0.2, 0) is 11.2 Å². The number of carbonyl (C=O) groups is 1. The molecule has 0 spiro atoms. The molecule has 4 nitrogen and oxygen atoms in total. The number of hydrogen-bond acceptors (Lipinski definition) is 4. The van der Waals surface area contributed by atoms with Gasteiger partial charge < -0.3 is 14.5 Å². The number of hydrogen-bond donors (Lipinski definition) is 0. The van der Waals surface area contributed by atoms with E-state index in [2.05, 4.69) is 27.8 Å². The Morgan fingerprint density at radius 3 is 2.65 bits per heavy atom. The van der Waals surface area contributed by atoms with E-state index in [0.29, 0.717) is 6.42 Å². The van der Waals surface area contributed by atoms with Gasteiger partial charge in [-0.05, 0) is 40.9 Å². The molecule has 1 aliphatic heterocycles. The second-order valence-corrected chi connectivity index (χ2v) is 6.45. The van der Waals surface area contributed by atoms with Gasteiger partial charge in [-0.1, -0.05) is 12.1 Å². The molecule has 0 aliphatic carbocycles. The van der Waals surface area contributed by atoms with Crippen LogP contribution in [0.5, 0.6) is 5.75 Å². The minimum atomic E-state index is 0.260. The fourth-order valence-electron chi connectivity index (χ4n) is 2.93. The summed E-state index contributed by atoms with van der Waals surface area (Å²) in [5.41, 5.74) is 2.37. The van der Waals surface area contributed by atoms with Gasteiger partial charge in [0, 0.05) is 32.6 Å². The number of methoxy groups -OCH3 is 1. The molecule has 122 valence electrons. The normalized spacial score (nSPS) is 14.8. The third-order valence-electron chi connectivity index (χ3n) is 4.27. The average molecular weight is 330 g/mol. The molecule has 1 saturated heterocycles. The Hall–Kier alpha value is -2.01. The molecule has 23 heavy (non-hydrogen) atoms. The first-order valence-electron chi connectivity index (χ1n) is 7.95. The van der Waals surface area contributed by atoms with Gasteiger partial charge in [-0.2, -0.15) is 11.3 Å². The summed E-state index contributed by atoms with van der Waals surface area (Å²) in [6.45, 7) is 3.26. The van der Waals surface area contributed by atoms with Crippen LogP contribution in [0.3, 0.4) is 0 Å². The molecule has 1 aromatic heterocycles. The van der Waals surface area contributed by atoms with Crippen LogP contribution in [0.1, 0.15) is 12.0 Å². The number of rotatable bonds is 5. The lowest BCUT2D eigenvalue weighted by molar-refractivity contribution is -0.131. The van der Waals surface area contributed by atoms with E-state index in [-0.39, 0.29) is 5.91 Å². The minimum absolute atomic E-state index is 0.260. The molecule has 2 heterocycles. The summed E-state index contributed by atoms with van der Waals surface area (Å²) in [7, 11) is 1.70. The summed E-state index contributed by atoms with van der Waals surface area (Å²) in [6.07, 6.45) is 1.44. The van der Waals surface area contributed by atoms with E-state index in [1.54, 1.807) is 18.4 Å². The summed E-state index contributed by atoms with van der Waals surface area (Å²) < 4.78 is 5.43. The molecule has 0 saturated carbocycles. The van der Waals surface area contributed by atoms with Crippen molar-refractivity contribution >= 4 is 22.9 Å². The first-order valence-corrected chi connectivity index (χ1v) is 8.89. The number of thiophene rings is 1. The van der Waals surface area contributed by atoms with E-state index >= 15 is 0 Å². The number of nitrogens with zero attached hydrogens (tertiary/aromatic N) is 2. The lowest BCUT2D eigenvalue weighted by Gasteiger charge is -2.36. The Bertz CT molecular complexity index is 634. The SMILES string of the molecule is COc1ccccc1N1CCN(C(=O)CCc2ccsc2)CC1. The van der Waals surface area contributed by atoms with E-state index in [4.69, 9.17) is 4.74 Å². The number of ether oxygens (including phenoxy) is 1. The summed E-state index contributed by atoms with van der Waals surface area (Å²) in [5.74, 6) is 1.15. The maximum absolute atomic E-state index is 12.3. The number of para-hydroxylation sites is 2. The van der Waals surface area contributed by atoms with Crippen molar-refractivity contribution in [2.45, 2.75) is 12.8 Å². The molecule has 1 aliphatic rings. The third-order valence-corrected chi connectivity index (χ3v) is 5.00. The number of benzene rings is 1. The van der Waals surface area contributed by atoms with Gasteiger partial charge in [-0.3, -0.25) is 4.79 Å². The second kappa shape index (κ2) is 7.51. The predicted molar refractivity (Wildman–Crippen MR) is 94.4 cm³/mol. The first-order chi connectivity index (χ1) is 11.3. The van der Waals surface area contributed by atoms with Crippen molar-refractivity contribution in [1.29, 1.82) is 0 Å². The van der Waals surface area contributed by atoms with Gasteiger partial charge in [0.25, 0.3) is 0 Å². The Labute approximate surface area is 141 Å². The van der Waals surface area contributed by atoms with Gasteiger partial charge in [-0.15, -0.1) is 0 Å². The number of aryl methyl sites for hydroxylation is 1. The zero-order valence-electron chi connectivity index (χ0n) is 13.4. The van der Waals surface area contributed by atoms with Gasteiger partial charge in [0.1, 0.15) is 5.75 Å². The van der Waals surface area contributed by atoms with Crippen molar-refractivity contribution in [1.82, 2.24) is 4.90 Å². The molecule has 5 heteroatoms. The summed E-state index contributed by atoms with van der Waals surface area (Å²) in [5, 5.41) is 4.18. The molecule has 0 atom stereocenters. The predicted octanol–water partition coefficient (Wildman–Crippen LogP) is 3.04. The molecule has 3 rings (SSSR count). The molecule has 1 fully saturated rings. The molecular weight excluding hydrogens is 308 g/mol. The summed E-state index contributed by atoms with van der Waals surface area (Å²) >= 11 is 1.68. The fourth-order valence-corrected chi connectivity index (χ4v) is 3.64. The van der Waals surface area contributed by atoms with Crippen molar-refractivity contribution < 1.29 is 9.53 Å². The summed E-state index contributed by atoms with van der Waals surface area (Å²) in [4.78, 5) is 16.6. The topological polar surface area (TPSA) is 32.8 Å². The smallest absolute Gasteiger partial charge is 0.223 e. The van der Waals surface area contributed by atoms with E-state index in [9.17, 15) is 4.79 Å². The van der Waals surface area contributed by atoms with Crippen molar-refractivity contribution in [3.63, 3.8) is 0 Å². The lowest BCUT2D eigenvalue weighted by Crippen LogP contribution is -2.48. The molecule has 0 N–H and O–H groups in total.